The minimum Gasteiger partial charge on any atom is -0.508 e. The zero-order valence-electron chi connectivity index (χ0n) is 9.92. The molecule has 0 atom stereocenters. The van der Waals surface area contributed by atoms with Crippen molar-refractivity contribution in [1.29, 1.82) is 0 Å². The summed E-state index contributed by atoms with van der Waals surface area (Å²) in [5.41, 5.74) is -0.777. The van der Waals surface area contributed by atoms with E-state index in [1.54, 1.807) is 0 Å². The first-order chi connectivity index (χ1) is 9.40. The van der Waals surface area contributed by atoms with Crippen LogP contribution in [-0.4, -0.2) is 10.2 Å². The molecule has 0 heterocycles. The fourth-order valence-electron chi connectivity index (χ4n) is 1.61. The smallest absolute Gasteiger partial charge is 0.185 e. The number of nitrogens with one attached hydrogen (secondary N) is 1. The lowest BCUT2D eigenvalue weighted by molar-refractivity contribution is 0.445. The molecule has 20 heavy (non-hydrogen) atoms. The second-order valence-electron chi connectivity index (χ2n) is 4.01. The van der Waals surface area contributed by atoms with E-state index >= 15 is 0 Å². The standard InChI is InChI=1S/C13H9F4NO2/c14-8-4-9(15)12(17)13(11(8)16)18-5-6-1-2-7(19)3-10(6)20/h1-4,18-20H,5H2. The van der Waals surface area contributed by atoms with Crippen LogP contribution in [0.25, 0.3) is 0 Å². The molecule has 7 heteroatoms. The van der Waals surface area contributed by atoms with Crippen LogP contribution in [0.2, 0.25) is 0 Å². The van der Waals surface area contributed by atoms with Gasteiger partial charge in [0, 0.05) is 24.2 Å². The van der Waals surface area contributed by atoms with Gasteiger partial charge in [-0.25, -0.2) is 17.6 Å². The van der Waals surface area contributed by atoms with Crippen molar-refractivity contribution >= 4 is 5.69 Å². The maximum Gasteiger partial charge on any atom is 0.185 e. The Labute approximate surface area is 111 Å². The van der Waals surface area contributed by atoms with Crippen LogP contribution in [-0.2, 0) is 6.54 Å². The zero-order chi connectivity index (χ0) is 14.9. The molecule has 3 N–H and O–H groups in total. The quantitative estimate of drug-likeness (QED) is 0.600. The maximum atomic E-state index is 13.4. The highest BCUT2D eigenvalue weighted by Crippen LogP contribution is 2.27. The molecule has 2 aromatic rings. The minimum atomic E-state index is -1.55. The third-order valence-corrected chi connectivity index (χ3v) is 2.64. The molecular weight excluding hydrogens is 278 g/mol. The average molecular weight is 287 g/mol. The molecule has 2 aromatic carbocycles. The fourth-order valence-corrected chi connectivity index (χ4v) is 1.61. The molecule has 2 rings (SSSR count). The molecule has 0 spiro atoms. The van der Waals surface area contributed by atoms with E-state index in [0.29, 0.717) is 0 Å². The van der Waals surface area contributed by atoms with Crippen LogP contribution < -0.4 is 5.32 Å². The van der Waals surface area contributed by atoms with Crippen molar-refractivity contribution in [1.82, 2.24) is 0 Å². The molecule has 0 unspecified atom stereocenters. The number of hydrogen-bond donors (Lipinski definition) is 3. The predicted octanol–water partition coefficient (Wildman–Crippen LogP) is 3.27. The first kappa shape index (κ1) is 14.0. The van der Waals surface area contributed by atoms with Gasteiger partial charge in [-0.3, -0.25) is 0 Å². The average Bonchev–Trinajstić information content (AvgIpc) is 2.38. The lowest BCUT2D eigenvalue weighted by Gasteiger charge is -2.11. The maximum absolute atomic E-state index is 13.4. The molecule has 0 saturated carbocycles. The zero-order valence-corrected chi connectivity index (χ0v) is 9.92. The van der Waals surface area contributed by atoms with E-state index in [0.717, 1.165) is 6.07 Å². The monoisotopic (exact) mass is 287 g/mol. The number of phenolic OH excluding ortho intramolecular Hbond substituents is 2. The molecule has 0 aliphatic rings. The van der Waals surface area contributed by atoms with Gasteiger partial charge in [-0.2, -0.15) is 0 Å². The van der Waals surface area contributed by atoms with Gasteiger partial charge in [0.1, 0.15) is 17.2 Å². The van der Waals surface area contributed by atoms with Crippen LogP contribution in [0.4, 0.5) is 23.2 Å². The topological polar surface area (TPSA) is 52.5 Å². The van der Waals surface area contributed by atoms with E-state index in [1.807, 2.05) is 0 Å². The highest BCUT2D eigenvalue weighted by molar-refractivity contribution is 5.49. The first-order valence-electron chi connectivity index (χ1n) is 5.48. The van der Waals surface area contributed by atoms with E-state index in [-0.39, 0.29) is 29.7 Å². The second kappa shape index (κ2) is 5.28. The molecule has 0 aliphatic heterocycles. The Balaban J connectivity index is 2.27. The molecule has 0 aliphatic carbocycles. The van der Waals surface area contributed by atoms with Gasteiger partial charge in [-0.15, -0.1) is 0 Å². The molecule has 3 nitrogen and oxygen atoms in total. The number of hydrogen-bond acceptors (Lipinski definition) is 3. The normalized spacial score (nSPS) is 10.6. The predicted molar refractivity (Wildman–Crippen MR) is 63.4 cm³/mol. The Morgan fingerprint density at radius 2 is 1.50 bits per heavy atom. The SMILES string of the molecule is Oc1ccc(CNc2c(F)c(F)cc(F)c2F)c(O)c1. The number of anilines is 1. The molecule has 0 fully saturated rings. The van der Waals surface area contributed by atoms with Crippen LogP contribution in [0.5, 0.6) is 11.5 Å². The molecule has 0 aromatic heterocycles. The molecule has 0 radical (unpaired) electrons. The number of benzene rings is 2. The Hall–Kier alpha value is -2.44. The van der Waals surface area contributed by atoms with Crippen LogP contribution in [0.1, 0.15) is 5.56 Å². The molecular formula is C13H9F4NO2. The number of phenols is 2. The molecule has 0 saturated heterocycles. The summed E-state index contributed by atoms with van der Waals surface area (Å²) >= 11 is 0. The summed E-state index contributed by atoms with van der Waals surface area (Å²) in [6, 6.07) is 3.67. The van der Waals surface area contributed by atoms with Crippen molar-refractivity contribution < 1.29 is 27.8 Å². The lowest BCUT2D eigenvalue weighted by atomic mass is 10.2. The Morgan fingerprint density at radius 3 is 2.05 bits per heavy atom. The lowest BCUT2D eigenvalue weighted by Crippen LogP contribution is -2.07. The van der Waals surface area contributed by atoms with Crippen molar-refractivity contribution in [2.75, 3.05) is 5.32 Å². The second-order valence-corrected chi connectivity index (χ2v) is 4.01. The largest absolute Gasteiger partial charge is 0.508 e. The summed E-state index contributed by atoms with van der Waals surface area (Å²) in [6.07, 6.45) is 0. The summed E-state index contributed by atoms with van der Waals surface area (Å²) in [6.45, 7) is -0.289. The Morgan fingerprint density at radius 1 is 0.900 bits per heavy atom. The summed E-state index contributed by atoms with van der Waals surface area (Å²) in [5, 5.41) is 20.7. The van der Waals surface area contributed by atoms with Gasteiger partial charge >= 0.3 is 0 Å². The number of aromatic hydroxyl groups is 2. The van der Waals surface area contributed by atoms with Gasteiger partial charge in [-0.1, -0.05) is 0 Å². The fraction of sp³-hybridized carbons (Fsp3) is 0.0769. The van der Waals surface area contributed by atoms with Crippen molar-refractivity contribution in [2.45, 2.75) is 6.54 Å². The highest BCUT2D eigenvalue weighted by Gasteiger charge is 2.19. The van der Waals surface area contributed by atoms with Gasteiger partial charge in [0.2, 0.25) is 0 Å². The Kier molecular flexibility index (Phi) is 3.69. The minimum absolute atomic E-state index is 0.105. The third kappa shape index (κ3) is 2.61. The van der Waals surface area contributed by atoms with Crippen LogP contribution in [0.15, 0.2) is 24.3 Å². The van der Waals surface area contributed by atoms with E-state index in [2.05, 4.69) is 5.32 Å². The van der Waals surface area contributed by atoms with E-state index in [9.17, 15) is 22.7 Å². The van der Waals surface area contributed by atoms with Crippen LogP contribution in [0.3, 0.4) is 0 Å². The summed E-state index contributed by atoms with van der Waals surface area (Å²) in [7, 11) is 0. The van der Waals surface area contributed by atoms with Crippen LogP contribution in [0, 0.1) is 23.3 Å². The highest BCUT2D eigenvalue weighted by atomic mass is 19.2. The summed E-state index contributed by atoms with van der Waals surface area (Å²) < 4.78 is 52.7. The van der Waals surface area contributed by atoms with Gasteiger partial charge in [0.25, 0.3) is 0 Å². The van der Waals surface area contributed by atoms with Gasteiger partial charge in [-0.05, 0) is 12.1 Å². The summed E-state index contributed by atoms with van der Waals surface area (Å²) in [4.78, 5) is 0. The number of halogens is 4. The van der Waals surface area contributed by atoms with Crippen LogP contribution >= 0.6 is 0 Å². The first-order valence-corrected chi connectivity index (χ1v) is 5.48. The van der Waals surface area contributed by atoms with Gasteiger partial charge in [0.15, 0.2) is 23.3 Å². The van der Waals surface area contributed by atoms with Crippen molar-refractivity contribution in [3.8, 4) is 11.5 Å². The third-order valence-electron chi connectivity index (χ3n) is 2.64. The van der Waals surface area contributed by atoms with E-state index in [4.69, 9.17) is 5.11 Å². The van der Waals surface area contributed by atoms with Gasteiger partial charge < -0.3 is 15.5 Å². The molecule has 106 valence electrons. The molecule has 0 amide bonds. The van der Waals surface area contributed by atoms with E-state index < -0.39 is 29.0 Å². The Bertz CT molecular complexity index is 635. The van der Waals surface area contributed by atoms with Crippen molar-refractivity contribution in [3.05, 3.63) is 53.1 Å². The van der Waals surface area contributed by atoms with Crippen molar-refractivity contribution in [2.24, 2.45) is 0 Å². The van der Waals surface area contributed by atoms with Gasteiger partial charge in [0.05, 0.1) is 0 Å². The molecule has 0 bridgehead atoms. The summed E-state index contributed by atoms with van der Waals surface area (Å²) in [5.74, 6) is -6.68. The van der Waals surface area contributed by atoms with Crippen molar-refractivity contribution in [3.63, 3.8) is 0 Å². The van der Waals surface area contributed by atoms with E-state index in [1.165, 1.54) is 12.1 Å². The number of rotatable bonds is 3.